The molecule has 1 unspecified atom stereocenters. The van der Waals surface area contributed by atoms with Gasteiger partial charge in [-0.2, -0.15) is 13.2 Å². The van der Waals surface area contributed by atoms with Gasteiger partial charge in [-0.1, -0.05) is 6.92 Å². The Labute approximate surface area is 153 Å². The van der Waals surface area contributed by atoms with E-state index >= 15 is 0 Å². The first-order valence-electron chi connectivity index (χ1n) is 8.36. The molecule has 0 radical (unpaired) electrons. The first kappa shape index (κ1) is 20.6. The normalized spacial score (nSPS) is 12.8. The molecule has 0 bridgehead atoms. The van der Waals surface area contributed by atoms with Crippen molar-refractivity contribution in [3.8, 4) is 5.75 Å². The Morgan fingerprint density at radius 2 is 2.00 bits per heavy atom. The fourth-order valence-corrected chi connectivity index (χ4v) is 3.05. The van der Waals surface area contributed by atoms with Gasteiger partial charge in [0.2, 0.25) is 0 Å². The van der Waals surface area contributed by atoms with Crippen LogP contribution in [0.3, 0.4) is 0 Å². The molecule has 2 rings (SSSR count). The number of carbonyl (C=O) groups excluding carboxylic acids is 1. The van der Waals surface area contributed by atoms with E-state index in [1.807, 2.05) is 16.8 Å². The number of ether oxygens (including phenoxy) is 1. The summed E-state index contributed by atoms with van der Waals surface area (Å²) in [6.45, 7) is 4.24. The number of rotatable bonds is 7. The maximum Gasteiger partial charge on any atom is 0.391 e. The molecule has 0 fully saturated rings. The topological polar surface area (TPSA) is 80.6 Å². The van der Waals surface area contributed by atoms with E-state index in [4.69, 9.17) is 9.84 Å². The van der Waals surface area contributed by atoms with Crippen LogP contribution in [-0.4, -0.2) is 40.9 Å². The van der Waals surface area contributed by atoms with Crippen molar-refractivity contribution in [3.63, 3.8) is 0 Å². The quantitative estimate of drug-likeness (QED) is 0.763. The Morgan fingerprint density at radius 3 is 2.52 bits per heavy atom. The zero-order valence-corrected chi connectivity index (χ0v) is 15.2. The van der Waals surface area contributed by atoms with E-state index < -0.39 is 30.5 Å². The van der Waals surface area contributed by atoms with Crippen LogP contribution in [-0.2, 0) is 11.3 Å². The molecule has 2 aromatic rings. The summed E-state index contributed by atoms with van der Waals surface area (Å²) in [5, 5.41) is 11.5. The second-order valence-electron chi connectivity index (χ2n) is 6.18. The number of carboxylic acid groups (broad SMARTS) is 1. The van der Waals surface area contributed by atoms with E-state index in [1.165, 1.54) is 7.11 Å². The fourth-order valence-electron chi connectivity index (χ4n) is 3.05. The van der Waals surface area contributed by atoms with E-state index in [0.717, 1.165) is 11.9 Å². The number of alkyl halides is 3. The molecule has 9 heteroatoms. The van der Waals surface area contributed by atoms with Crippen molar-refractivity contribution in [2.24, 2.45) is 0 Å². The van der Waals surface area contributed by atoms with Crippen LogP contribution >= 0.6 is 0 Å². The number of methoxy groups -OCH3 is 1. The van der Waals surface area contributed by atoms with Crippen molar-refractivity contribution >= 4 is 22.8 Å². The lowest BCUT2D eigenvalue weighted by Gasteiger charge is -2.16. The minimum absolute atomic E-state index is 0.144. The number of benzene rings is 1. The third-order valence-corrected chi connectivity index (χ3v) is 4.24. The SMILES string of the molecule is CCCn1c(C)c(C(=O)NC(CC(F)(F)F)C(=O)O)c2cc(OC)ccc21. The van der Waals surface area contributed by atoms with Crippen molar-refractivity contribution < 1.29 is 32.6 Å². The number of aryl methyl sites for hydroxylation is 1. The number of halogens is 3. The Bertz CT molecular complexity index is 858. The number of amides is 1. The molecular weight excluding hydrogens is 365 g/mol. The molecule has 0 aliphatic rings. The van der Waals surface area contributed by atoms with Crippen LogP contribution in [0.15, 0.2) is 18.2 Å². The molecule has 1 aromatic heterocycles. The Kier molecular flexibility index (Phi) is 6.02. The molecule has 0 saturated heterocycles. The number of aliphatic carboxylic acids is 1. The summed E-state index contributed by atoms with van der Waals surface area (Å²) in [6.07, 6.45) is -5.58. The van der Waals surface area contributed by atoms with E-state index in [9.17, 15) is 22.8 Å². The van der Waals surface area contributed by atoms with E-state index in [0.29, 0.717) is 23.4 Å². The minimum atomic E-state index is -4.72. The average molecular weight is 386 g/mol. The van der Waals surface area contributed by atoms with Gasteiger partial charge in [-0.05, 0) is 31.5 Å². The van der Waals surface area contributed by atoms with Gasteiger partial charge < -0.3 is 19.7 Å². The molecule has 1 amide bonds. The van der Waals surface area contributed by atoms with Crippen LogP contribution in [0.1, 0.15) is 35.8 Å². The highest BCUT2D eigenvalue weighted by Gasteiger charge is 2.37. The molecule has 148 valence electrons. The minimum Gasteiger partial charge on any atom is -0.497 e. The van der Waals surface area contributed by atoms with Gasteiger partial charge in [-0.25, -0.2) is 4.79 Å². The van der Waals surface area contributed by atoms with Gasteiger partial charge in [0.05, 0.1) is 19.1 Å². The van der Waals surface area contributed by atoms with Crippen molar-refractivity contribution in [1.82, 2.24) is 9.88 Å². The highest BCUT2D eigenvalue weighted by molar-refractivity contribution is 6.09. The average Bonchev–Trinajstić information content (AvgIpc) is 2.84. The van der Waals surface area contributed by atoms with Crippen molar-refractivity contribution in [2.75, 3.05) is 7.11 Å². The maximum absolute atomic E-state index is 12.7. The molecular formula is C18H21F3N2O4. The van der Waals surface area contributed by atoms with Crippen LogP contribution in [0.5, 0.6) is 5.75 Å². The molecule has 1 atom stereocenters. The molecule has 27 heavy (non-hydrogen) atoms. The third-order valence-electron chi connectivity index (χ3n) is 4.24. The highest BCUT2D eigenvalue weighted by atomic mass is 19.4. The predicted octanol–water partition coefficient (Wildman–Crippen LogP) is 3.50. The summed E-state index contributed by atoms with van der Waals surface area (Å²) in [6, 6.07) is 3.03. The Morgan fingerprint density at radius 1 is 1.33 bits per heavy atom. The number of nitrogens with one attached hydrogen (secondary N) is 1. The zero-order chi connectivity index (χ0) is 20.4. The van der Waals surface area contributed by atoms with Crippen LogP contribution in [0.4, 0.5) is 13.2 Å². The smallest absolute Gasteiger partial charge is 0.391 e. The van der Waals surface area contributed by atoms with E-state index in [1.54, 1.807) is 25.1 Å². The van der Waals surface area contributed by atoms with Gasteiger partial charge in [0.25, 0.3) is 5.91 Å². The van der Waals surface area contributed by atoms with E-state index in [2.05, 4.69) is 0 Å². The lowest BCUT2D eigenvalue weighted by atomic mass is 10.1. The number of hydrogen-bond donors (Lipinski definition) is 2. The predicted molar refractivity (Wildman–Crippen MR) is 93.1 cm³/mol. The number of carboxylic acids is 1. The van der Waals surface area contributed by atoms with Crippen molar-refractivity contribution in [1.29, 1.82) is 0 Å². The first-order valence-corrected chi connectivity index (χ1v) is 8.36. The molecule has 2 N–H and O–H groups in total. The lowest BCUT2D eigenvalue weighted by Crippen LogP contribution is -2.43. The fraction of sp³-hybridized carbons (Fsp3) is 0.444. The maximum atomic E-state index is 12.7. The summed E-state index contributed by atoms with van der Waals surface area (Å²) in [4.78, 5) is 23.9. The summed E-state index contributed by atoms with van der Waals surface area (Å²) in [7, 11) is 1.46. The molecule has 0 spiro atoms. The first-order chi connectivity index (χ1) is 12.6. The Hall–Kier alpha value is -2.71. The zero-order valence-electron chi connectivity index (χ0n) is 15.2. The molecule has 0 saturated carbocycles. The van der Waals surface area contributed by atoms with Gasteiger partial charge in [-0.3, -0.25) is 4.79 Å². The van der Waals surface area contributed by atoms with Gasteiger partial charge >= 0.3 is 12.1 Å². The summed E-state index contributed by atoms with van der Waals surface area (Å²) >= 11 is 0. The van der Waals surface area contributed by atoms with E-state index in [-0.39, 0.29) is 5.56 Å². The monoisotopic (exact) mass is 386 g/mol. The number of hydrogen-bond acceptors (Lipinski definition) is 3. The standard InChI is InChI=1S/C18H21F3N2O4/c1-4-7-23-10(2)15(12-8-11(27-3)5-6-14(12)23)16(24)22-13(17(25)26)9-18(19,20)21/h5-6,8,13H,4,7,9H2,1-3H3,(H,22,24)(H,25,26). The molecule has 0 aliphatic carbocycles. The molecule has 0 aliphatic heterocycles. The van der Waals surface area contributed by atoms with Gasteiger partial charge in [0.15, 0.2) is 0 Å². The van der Waals surface area contributed by atoms with Crippen molar-refractivity contribution in [2.45, 2.75) is 45.5 Å². The second-order valence-corrected chi connectivity index (χ2v) is 6.18. The van der Waals surface area contributed by atoms with Gasteiger partial charge in [-0.15, -0.1) is 0 Å². The molecule has 1 aromatic carbocycles. The number of fused-ring (bicyclic) bond motifs is 1. The second kappa shape index (κ2) is 7.89. The van der Waals surface area contributed by atoms with Crippen LogP contribution in [0.25, 0.3) is 10.9 Å². The molecule has 1 heterocycles. The highest BCUT2D eigenvalue weighted by Crippen LogP contribution is 2.30. The third kappa shape index (κ3) is 4.53. The number of nitrogens with zero attached hydrogens (tertiary/aromatic N) is 1. The molecule has 6 nitrogen and oxygen atoms in total. The summed E-state index contributed by atoms with van der Waals surface area (Å²) in [5.41, 5.74) is 1.42. The summed E-state index contributed by atoms with van der Waals surface area (Å²) in [5.74, 6) is -2.12. The number of aromatic nitrogens is 1. The van der Waals surface area contributed by atoms with Crippen LogP contribution in [0, 0.1) is 6.92 Å². The Balaban J connectivity index is 2.50. The number of carbonyl (C=O) groups is 2. The lowest BCUT2D eigenvalue weighted by molar-refractivity contribution is -0.157. The largest absolute Gasteiger partial charge is 0.497 e. The van der Waals surface area contributed by atoms with Gasteiger partial charge in [0.1, 0.15) is 11.8 Å². The van der Waals surface area contributed by atoms with Crippen molar-refractivity contribution in [3.05, 3.63) is 29.5 Å². The van der Waals surface area contributed by atoms with Crippen LogP contribution < -0.4 is 10.1 Å². The van der Waals surface area contributed by atoms with Crippen LogP contribution in [0.2, 0.25) is 0 Å². The summed E-state index contributed by atoms with van der Waals surface area (Å²) < 4.78 is 44.9. The van der Waals surface area contributed by atoms with Gasteiger partial charge in [0, 0.05) is 23.1 Å².